The van der Waals surface area contributed by atoms with Gasteiger partial charge in [0.1, 0.15) is 11.6 Å². The quantitative estimate of drug-likeness (QED) is 0.390. The Labute approximate surface area is 195 Å². The molecule has 6 nitrogen and oxygen atoms in total. The first-order valence-corrected chi connectivity index (χ1v) is 11.3. The highest BCUT2D eigenvalue weighted by Crippen LogP contribution is 2.38. The monoisotopic (exact) mass is 472 g/mol. The van der Waals surface area contributed by atoms with Gasteiger partial charge in [-0.15, -0.1) is 0 Å². The van der Waals surface area contributed by atoms with Gasteiger partial charge in [-0.05, 0) is 86.9 Å². The first kappa shape index (κ1) is 23.8. The van der Waals surface area contributed by atoms with E-state index in [9.17, 15) is 23.1 Å². The van der Waals surface area contributed by atoms with Crippen LogP contribution in [0.4, 0.5) is 24.7 Å². The van der Waals surface area contributed by atoms with Crippen molar-refractivity contribution in [2.75, 3.05) is 11.1 Å². The van der Waals surface area contributed by atoms with Crippen molar-refractivity contribution < 1.29 is 23.1 Å². The van der Waals surface area contributed by atoms with Crippen LogP contribution in [0.1, 0.15) is 67.1 Å². The lowest BCUT2D eigenvalue weighted by Gasteiger charge is -2.26. The number of nitrogen functional groups attached to an aromatic ring is 1. The van der Waals surface area contributed by atoms with E-state index in [0.717, 1.165) is 41.4 Å². The standard InChI is InChI=1S/C25H27F3N4O2/c1-13(18-9-19(25(26,27)28)12-20(29)10-18)30-23-21-11-17(7-8-22(21)31-14(2)32-23)15-3-5-16(6-4-15)24(33)34/h7-13,15-16H,3-6,29H2,1-2H3,(H,33,34)(H,30,31,32)/t13-,15-,16-/m1/s1. The van der Waals surface area contributed by atoms with E-state index >= 15 is 0 Å². The molecule has 0 amide bonds. The zero-order chi connectivity index (χ0) is 24.6. The Balaban J connectivity index is 1.64. The third-order valence-electron chi connectivity index (χ3n) is 6.54. The third kappa shape index (κ3) is 5.08. The second kappa shape index (κ2) is 9.12. The second-order valence-electron chi connectivity index (χ2n) is 9.03. The van der Waals surface area contributed by atoms with E-state index in [2.05, 4.69) is 15.3 Å². The van der Waals surface area contributed by atoms with E-state index in [-0.39, 0.29) is 17.5 Å². The van der Waals surface area contributed by atoms with Crippen LogP contribution in [0, 0.1) is 12.8 Å². The van der Waals surface area contributed by atoms with Gasteiger partial charge in [-0.2, -0.15) is 13.2 Å². The number of nitrogens with one attached hydrogen (secondary N) is 1. The Morgan fingerprint density at radius 2 is 1.82 bits per heavy atom. The normalized spacial score (nSPS) is 19.7. The Morgan fingerprint density at radius 3 is 2.47 bits per heavy atom. The number of fused-ring (bicyclic) bond motifs is 1. The number of carbonyl (C=O) groups is 1. The molecule has 3 aromatic rings. The summed E-state index contributed by atoms with van der Waals surface area (Å²) in [5.74, 6) is 0.291. The third-order valence-corrected chi connectivity index (χ3v) is 6.54. The molecule has 1 aliphatic rings. The lowest BCUT2D eigenvalue weighted by atomic mass is 9.78. The second-order valence-corrected chi connectivity index (χ2v) is 9.03. The van der Waals surface area contributed by atoms with Crippen molar-refractivity contribution in [1.82, 2.24) is 9.97 Å². The lowest BCUT2D eigenvalue weighted by Crippen LogP contribution is -2.20. The number of hydrogen-bond acceptors (Lipinski definition) is 5. The van der Waals surface area contributed by atoms with Crippen molar-refractivity contribution in [3.05, 3.63) is 58.9 Å². The first-order chi connectivity index (χ1) is 16.0. The van der Waals surface area contributed by atoms with Crippen LogP contribution in [0.25, 0.3) is 10.9 Å². The molecule has 0 spiro atoms. The number of halogens is 3. The van der Waals surface area contributed by atoms with Crippen LogP contribution in [0.2, 0.25) is 0 Å². The fourth-order valence-electron chi connectivity index (χ4n) is 4.68. The number of carboxylic acids is 1. The molecule has 0 aliphatic heterocycles. The number of aromatic nitrogens is 2. The number of aryl methyl sites for hydroxylation is 1. The van der Waals surface area contributed by atoms with Crippen molar-refractivity contribution in [2.45, 2.75) is 57.7 Å². The molecule has 1 heterocycles. The van der Waals surface area contributed by atoms with Gasteiger partial charge in [-0.25, -0.2) is 9.97 Å². The molecule has 1 atom stereocenters. The molecular weight excluding hydrogens is 445 g/mol. The van der Waals surface area contributed by atoms with Crippen molar-refractivity contribution in [3.8, 4) is 0 Å². The number of aliphatic carboxylic acids is 1. The average molecular weight is 473 g/mol. The largest absolute Gasteiger partial charge is 0.481 e. The van der Waals surface area contributed by atoms with E-state index in [4.69, 9.17) is 5.73 Å². The molecule has 1 aromatic heterocycles. The van der Waals surface area contributed by atoms with Crippen molar-refractivity contribution >= 4 is 28.4 Å². The molecule has 0 radical (unpaired) electrons. The molecule has 0 saturated heterocycles. The Kier molecular flexibility index (Phi) is 6.38. The molecule has 180 valence electrons. The predicted molar refractivity (Wildman–Crippen MR) is 125 cm³/mol. The van der Waals surface area contributed by atoms with E-state index in [1.807, 2.05) is 18.2 Å². The van der Waals surface area contributed by atoms with Crippen LogP contribution < -0.4 is 11.1 Å². The SMILES string of the molecule is Cc1nc(N[C@H](C)c2cc(N)cc(C(F)(F)F)c2)c2cc([C@H]3CC[C@H](C(=O)O)CC3)ccc2n1. The number of alkyl halides is 3. The number of anilines is 2. The zero-order valence-electron chi connectivity index (χ0n) is 19.0. The molecule has 1 saturated carbocycles. The molecule has 4 N–H and O–H groups in total. The van der Waals surface area contributed by atoms with Crippen molar-refractivity contribution in [3.63, 3.8) is 0 Å². The highest BCUT2D eigenvalue weighted by molar-refractivity contribution is 5.90. The van der Waals surface area contributed by atoms with E-state index in [0.29, 0.717) is 30.0 Å². The molecule has 1 fully saturated rings. The summed E-state index contributed by atoms with van der Waals surface area (Å²) >= 11 is 0. The first-order valence-electron chi connectivity index (χ1n) is 11.3. The number of carboxylic acid groups (broad SMARTS) is 1. The van der Waals surface area contributed by atoms with Crippen LogP contribution in [-0.4, -0.2) is 21.0 Å². The van der Waals surface area contributed by atoms with E-state index < -0.39 is 23.8 Å². The van der Waals surface area contributed by atoms with Gasteiger partial charge in [0.05, 0.1) is 23.0 Å². The van der Waals surface area contributed by atoms with Crippen LogP contribution in [-0.2, 0) is 11.0 Å². The van der Waals surface area contributed by atoms with Crippen molar-refractivity contribution in [1.29, 1.82) is 0 Å². The molecule has 4 rings (SSSR count). The van der Waals surface area contributed by atoms with Gasteiger partial charge in [0, 0.05) is 11.1 Å². The molecule has 0 unspecified atom stereocenters. The summed E-state index contributed by atoms with van der Waals surface area (Å²) in [6, 6.07) is 8.99. The number of rotatable bonds is 5. The van der Waals surface area contributed by atoms with Gasteiger partial charge in [0.15, 0.2) is 0 Å². The summed E-state index contributed by atoms with van der Waals surface area (Å²) in [4.78, 5) is 20.3. The van der Waals surface area contributed by atoms with Crippen LogP contribution >= 0.6 is 0 Å². The summed E-state index contributed by atoms with van der Waals surface area (Å²) in [6.07, 6.45) is -1.63. The molecular formula is C25H27F3N4O2. The van der Waals surface area contributed by atoms with E-state index in [1.54, 1.807) is 13.8 Å². The minimum Gasteiger partial charge on any atom is -0.481 e. The summed E-state index contributed by atoms with van der Waals surface area (Å²) in [7, 11) is 0. The highest BCUT2D eigenvalue weighted by Gasteiger charge is 2.31. The summed E-state index contributed by atoms with van der Waals surface area (Å²) in [6.45, 7) is 3.52. The smallest absolute Gasteiger partial charge is 0.416 e. The maximum absolute atomic E-state index is 13.3. The highest BCUT2D eigenvalue weighted by atomic mass is 19.4. The fourth-order valence-corrected chi connectivity index (χ4v) is 4.68. The Morgan fingerprint density at radius 1 is 1.12 bits per heavy atom. The molecule has 34 heavy (non-hydrogen) atoms. The van der Waals surface area contributed by atoms with Gasteiger partial charge in [0.25, 0.3) is 0 Å². The van der Waals surface area contributed by atoms with Gasteiger partial charge in [-0.3, -0.25) is 4.79 Å². The van der Waals surface area contributed by atoms with Gasteiger partial charge >= 0.3 is 12.1 Å². The molecule has 2 aromatic carbocycles. The summed E-state index contributed by atoms with van der Waals surface area (Å²) in [5, 5.41) is 13.3. The van der Waals surface area contributed by atoms with Crippen molar-refractivity contribution in [2.24, 2.45) is 5.92 Å². The number of benzene rings is 2. The minimum absolute atomic E-state index is 0.0430. The topological polar surface area (TPSA) is 101 Å². The van der Waals surface area contributed by atoms with Gasteiger partial charge in [0.2, 0.25) is 0 Å². The van der Waals surface area contributed by atoms with Gasteiger partial charge in [-0.1, -0.05) is 6.07 Å². The maximum atomic E-state index is 13.3. The van der Waals surface area contributed by atoms with Crippen LogP contribution in [0.5, 0.6) is 0 Å². The number of hydrogen-bond donors (Lipinski definition) is 3. The number of nitrogens with two attached hydrogens (primary N) is 1. The van der Waals surface area contributed by atoms with Crippen LogP contribution in [0.3, 0.4) is 0 Å². The Bertz CT molecular complexity index is 1220. The van der Waals surface area contributed by atoms with Gasteiger partial charge < -0.3 is 16.2 Å². The lowest BCUT2D eigenvalue weighted by molar-refractivity contribution is -0.143. The van der Waals surface area contributed by atoms with Crippen LogP contribution in [0.15, 0.2) is 36.4 Å². The maximum Gasteiger partial charge on any atom is 0.416 e. The predicted octanol–water partition coefficient (Wildman–Crippen LogP) is 6.07. The number of nitrogens with zero attached hydrogens (tertiary/aromatic N) is 2. The Hall–Kier alpha value is -3.36. The summed E-state index contributed by atoms with van der Waals surface area (Å²) in [5.41, 5.74) is 7.21. The molecule has 9 heteroatoms. The fraction of sp³-hybridized carbons (Fsp3) is 0.400. The zero-order valence-corrected chi connectivity index (χ0v) is 19.0. The summed E-state index contributed by atoms with van der Waals surface area (Å²) < 4.78 is 39.8. The average Bonchev–Trinajstić information content (AvgIpc) is 2.77. The van der Waals surface area contributed by atoms with E-state index in [1.165, 1.54) is 6.07 Å². The molecule has 0 bridgehead atoms. The minimum atomic E-state index is -4.49. The molecule has 1 aliphatic carbocycles.